The molecule has 2 rings (SSSR count). The molecule has 0 amide bonds. The van der Waals surface area contributed by atoms with E-state index < -0.39 is 0 Å². The Bertz CT molecular complexity index is 598. The van der Waals surface area contributed by atoms with Gasteiger partial charge in [-0.15, -0.1) is 0 Å². The maximum absolute atomic E-state index is 4.62. The van der Waals surface area contributed by atoms with Gasteiger partial charge in [-0.1, -0.05) is 35.5 Å². The van der Waals surface area contributed by atoms with E-state index in [-0.39, 0.29) is 5.54 Å². The molecule has 0 aliphatic heterocycles. The third-order valence-corrected chi connectivity index (χ3v) is 4.27. The van der Waals surface area contributed by atoms with Gasteiger partial charge in [0.15, 0.2) is 0 Å². The smallest absolute Gasteiger partial charge is 0.104 e. The Labute approximate surface area is 132 Å². The molecule has 0 spiro atoms. The zero-order chi connectivity index (χ0) is 15.5. The lowest BCUT2D eigenvalue weighted by molar-refractivity contribution is 0.424. The topological polar surface area (TPSA) is 24.9 Å². The third kappa shape index (κ3) is 5.18. The molecule has 0 aliphatic rings. The van der Waals surface area contributed by atoms with Crippen LogP contribution in [-0.2, 0) is 6.54 Å². The minimum absolute atomic E-state index is 0.128. The molecule has 1 N–H and O–H groups in total. The molecule has 2 aromatic rings. The number of hydrogen-bond acceptors (Lipinski definition) is 3. The first-order valence-corrected chi connectivity index (χ1v) is 8.10. The maximum Gasteiger partial charge on any atom is 0.104 e. The molecule has 1 aromatic carbocycles. The Kier molecular flexibility index (Phi) is 5.07. The zero-order valence-electron chi connectivity index (χ0n) is 13.5. The van der Waals surface area contributed by atoms with Gasteiger partial charge in [-0.3, -0.25) is 0 Å². The van der Waals surface area contributed by atoms with Crippen molar-refractivity contribution < 1.29 is 0 Å². The van der Waals surface area contributed by atoms with E-state index >= 15 is 0 Å². The number of aryl methyl sites for hydroxylation is 2. The lowest BCUT2D eigenvalue weighted by atomic mass is 10.1. The molecule has 0 saturated carbocycles. The second kappa shape index (κ2) is 6.63. The van der Waals surface area contributed by atoms with Gasteiger partial charge in [0.2, 0.25) is 0 Å². The summed E-state index contributed by atoms with van der Waals surface area (Å²) in [4.78, 5) is 5.85. The first-order valence-electron chi connectivity index (χ1n) is 7.28. The monoisotopic (exact) mass is 300 g/mol. The van der Waals surface area contributed by atoms with Crippen molar-refractivity contribution in [2.75, 3.05) is 0 Å². The summed E-state index contributed by atoms with van der Waals surface area (Å²) in [6.07, 6.45) is 1.97. The standard InChI is InChI=1S/C18H24N2S/c1-13-6-8-16(9-7-13)21-17-14(2)10-15(11-19-17)12-20-18(3,4)5/h6-11,20H,12H2,1-5H3. The molecule has 0 saturated heterocycles. The summed E-state index contributed by atoms with van der Waals surface area (Å²) in [5, 5.41) is 4.58. The van der Waals surface area contributed by atoms with Crippen molar-refractivity contribution in [3.05, 3.63) is 53.2 Å². The van der Waals surface area contributed by atoms with Gasteiger partial charge in [-0.05, 0) is 57.9 Å². The predicted molar refractivity (Wildman–Crippen MR) is 90.9 cm³/mol. The molecule has 1 heterocycles. The largest absolute Gasteiger partial charge is 0.308 e. The Balaban J connectivity index is 2.07. The number of aromatic nitrogens is 1. The number of benzene rings is 1. The van der Waals surface area contributed by atoms with Crippen LogP contribution in [0, 0.1) is 13.8 Å². The van der Waals surface area contributed by atoms with Crippen molar-refractivity contribution in [2.24, 2.45) is 0 Å². The van der Waals surface area contributed by atoms with Gasteiger partial charge in [0.25, 0.3) is 0 Å². The minimum atomic E-state index is 0.128. The first-order chi connectivity index (χ1) is 9.83. The van der Waals surface area contributed by atoms with Crippen molar-refractivity contribution in [3.63, 3.8) is 0 Å². The average molecular weight is 300 g/mol. The van der Waals surface area contributed by atoms with Crippen LogP contribution in [0.25, 0.3) is 0 Å². The summed E-state index contributed by atoms with van der Waals surface area (Å²) in [6, 6.07) is 10.8. The van der Waals surface area contributed by atoms with Gasteiger partial charge in [0.05, 0.1) is 0 Å². The van der Waals surface area contributed by atoms with E-state index in [1.54, 1.807) is 11.8 Å². The second-order valence-electron chi connectivity index (χ2n) is 6.48. The lowest BCUT2D eigenvalue weighted by Gasteiger charge is -2.20. The van der Waals surface area contributed by atoms with Crippen molar-refractivity contribution in [1.82, 2.24) is 10.3 Å². The summed E-state index contributed by atoms with van der Waals surface area (Å²) in [7, 11) is 0. The normalized spacial score (nSPS) is 11.7. The quantitative estimate of drug-likeness (QED) is 0.883. The van der Waals surface area contributed by atoms with Gasteiger partial charge in [0.1, 0.15) is 5.03 Å². The fraction of sp³-hybridized carbons (Fsp3) is 0.389. The molecule has 1 aromatic heterocycles. The number of nitrogens with zero attached hydrogens (tertiary/aromatic N) is 1. The number of rotatable bonds is 4. The molecule has 3 heteroatoms. The van der Waals surface area contributed by atoms with E-state index in [0.717, 1.165) is 11.6 Å². The molecule has 0 aliphatic carbocycles. The molecule has 0 unspecified atom stereocenters. The highest BCUT2D eigenvalue weighted by atomic mass is 32.2. The van der Waals surface area contributed by atoms with Crippen molar-refractivity contribution in [1.29, 1.82) is 0 Å². The number of nitrogens with one attached hydrogen (secondary N) is 1. The Hall–Kier alpha value is -1.32. The maximum atomic E-state index is 4.62. The first kappa shape index (κ1) is 16.1. The van der Waals surface area contributed by atoms with E-state index in [2.05, 4.69) is 75.3 Å². The van der Waals surface area contributed by atoms with Crippen LogP contribution in [0.5, 0.6) is 0 Å². The molecule has 0 radical (unpaired) electrons. The van der Waals surface area contributed by atoms with Gasteiger partial charge >= 0.3 is 0 Å². The highest BCUT2D eigenvalue weighted by Gasteiger charge is 2.09. The molecule has 112 valence electrons. The third-order valence-electron chi connectivity index (χ3n) is 3.15. The van der Waals surface area contributed by atoms with Crippen LogP contribution >= 0.6 is 11.8 Å². The van der Waals surface area contributed by atoms with Gasteiger partial charge in [-0.25, -0.2) is 4.98 Å². The summed E-state index contributed by atoms with van der Waals surface area (Å²) >= 11 is 1.72. The molecule has 0 atom stereocenters. The highest BCUT2D eigenvalue weighted by Crippen LogP contribution is 2.28. The average Bonchev–Trinajstić information content (AvgIpc) is 2.41. The Morgan fingerprint density at radius 3 is 2.33 bits per heavy atom. The van der Waals surface area contributed by atoms with Crippen LogP contribution in [0.2, 0.25) is 0 Å². The molecular weight excluding hydrogens is 276 g/mol. The van der Waals surface area contributed by atoms with Crippen LogP contribution in [-0.4, -0.2) is 10.5 Å². The second-order valence-corrected chi connectivity index (χ2v) is 7.55. The molecule has 2 nitrogen and oxygen atoms in total. The van der Waals surface area contributed by atoms with Crippen molar-refractivity contribution in [3.8, 4) is 0 Å². The van der Waals surface area contributed by atoms with Crippen LogP contribution in [0.3, 0.4) is 0 Å². The SMILES string of the molecule is Cc1ccc(Sc2ncc(CNC(C)(C)C)cc2C)cc1. The van der Waals surface area contributed by atoms with E-state index in [1.807, 2.05) is 6.20 Å². The van der Waals surface area contributed by atoms with E-state index in [1.165, 1.54) is 21.6 Å². The predicted octanol–water partition coefficient (Wildman–Crippen LogP) is 4.74. The number of pyridine rings is 1. The molecule has 0 fully saturated rings. The fourth-order valence-electron chi connectivity index (χ4n) is 1.91. The molecule has 0 bridgehead atoms. The van der Waals surface area contributed by atoms with Crippen molar-refractivity contribution >= 4 is 11.8 Å². The van der Waals surface area contributed by atoms with E-state index in [9.17, 15) is 0 Å². The molecular formula is C18H24N2S. The van der Waals surface area contributed by atoms with E-state index in [0.29, 0.717) is 0 Å². The summed E-state index contributed by atoms with van der Waals surface area (Å²) in [5.41, 5.74) is 3.88. The lowest BCUT2D eigenvalue weighted by Crippen LogP contribution is -2.35. The summed E-state index contributed by atoms with van der Waals surface area (Å²) < 4.78 is 0. The van der Waals surface area contributed by atoms with E-state index in [4.69, 9.17) is 0 Å². The summed E-state index contributed by atoms with van der Waals surface area (Å²) in [5.74, 6) is 0. The highest BCUT2D eigenvalue weighted by molar-refractivity contribution is 7.99. The van der Waals surface area contributed by atoms with Crippen LogP contribution in [0.15, 0.2) is 46.5 Å². The van der Waals surface area contributed by atoms with Crippen LogP contribution < -0.4 is 5.32 Å². The van der Waals surface area contributed by atoms with Gasteiger partial charge < -0.3 is 5.32 Å². The minimum Gasteiger partial charge on any atom is -0.308 e. The Morgan fingerprint density at radius 1 is 1.10 bits per heavy atom. The van der Waals surface area contributed by atoms with Crippen LogP contribution in [0.4, 0.5) is 0 Å². The summed E-state index contributed by atoms with van der Waals surface area (Å²) in [6.45, 7) is 11.6. The Morgan fingerprint density at radius 2 is 1.76 bits per heavy atom. The van der Waals surface area contributed by atoms with Gasteiger partial charge in [-0.2, -0.15) is 0 Å². The molecule has 21 heavy (non-hydrogen) atoms. The zero-order valence-corrected chi connectivity index (χ0v) is 14.3. The van der Waals surface area contributed by atoms with Crippen molar-refractivity contribution in [2.45, 2.75) is 56.6 Å². The van der Waals surface area contributed by atoms with Gasteiger partial charge in [0, 0.05) is 23.2 Å². The van der Waals surface area contributed by atoms with Crippen LogP contribution in [0.1, 0.15) is 37.5 Å². The number of hydrogen-bond donors (Lipinski definition) is 1. The fourth-order valence-corrected chi connectivity index (χ4v) is 2.73.